The van der Waals surface area contributed by atoms with Crippen LogP contribution in [0.1, 0.15) is 26.3 Å². The monoisotopic (exact) mass is 365 g/mol. The first-order chi connectivity index (χ1) is 11.5. The van der Waals surface area contributed by atoms with Crippen molar-refractivity contribution in [3.63, 3.8) is 0 Å². The number of benzene rings is 1. The molecule has 1 amide bonds. The van der Waals surface area contributed by atoms with Crippen LogP contribution < -0.4 is 0 Å². The predicted octanol–water partition coefficient (Wildman–Crippen LogP) is 2.06. The van der Waals surface area contributed by atoms with Gasteiger partial charge in [0.1, 0.15) is 10.9 Å². The van der Waals surface area contributed by atoms with Crippen LogP contribution in [0, 0.1) is 6.92 Å². The van der Waals surface area contributed by atoms with E-state index in [-0.39, 0.29) is 4.90 Å². The molecule has 2 heterocycles. The van der Waals surface area contributed by atoms with Gasteiger partial charge in [-0.1, -0.05) is 29.8 Å². The van der Waals surface area contributed by atoms with Crippen LogP contribution in [0.15, 0.2) is 41.3 Å². The lowest BCUT2D eigenvalue weighted by Gasteiger charge is -2.27. The number of carbonyl (C=O) groups is 1. The summed E-state index contributed by atoms with van der Waals surface area (Å²) < 4.78 is 31.4. The number of ether oxygens (including phenoxy) is 1. The lowest BCUT2D eigenvalue weighted by atomic mass is 10.0. The number of hydrogen-bond acceptors (Lipinski definition) is 5. The molecule has 1 aromatic carbocycles. The molecule has 2 aliphatic rings. The van der Waals surface area contributed by atoms with E-state index in [9.17, 15) is 18.3 Å². The molecule has 0 radical (unpaired) electrons. The summed E-state index contributed by atoms with van der Waals surface area (Å²) >= 11 is 0. The number of aryl methyl sites for hydroxylation is 1. The van der Waals surface area contributed by atoms with Gasteiger partial charge in [0.15, 0.2) is 9.84 Å². The second-order valence-corrected chi connectivity index (χ2v) is 9.67. The summed E-state index contributed by atoms with van der Waals surface area (Å²) in [6.07, 6.45) is 1.53. The summed E-state index contributed by atoms with van der Waals surface area (Å²) in [5.74, 6) is 0. The van der Waals surface area contributed by atoms with E-state index in [0.717, 1.165) is 5.56 Å². The van der Waals surface area contributed by atoms with Crippen LogP contribution in [0.3, 0.4) is 0 Å². The predicted molar refractivity (Wildman–Crippen MR) is 92.9 cm³/mol. The molecule has 1 saturated heterocycles. The van der Waals surface area contributed by atoms with Gasteiger partial charge in [-0.3, -0.25) is 4.90 Å². The molecule has 1 aromatic rings. The van der Waals surface area contributed by atoms with Gasteiger partial charge in [0, 0.05) is 0 Å². The fraction of sp³-hybridized carbons (Fsp3) is 0.500. The second-order valence-electron chi connectivity index (χ2n) is 7.57. The Kier molecular flexibility index (Phi) is 4.20. The molecule has 2 aliphatic heterocycles. The molecule has 1 fully saturated rings. The van der Waals surface area contributed by atoms with E-state index >= 15 is 0 Å². The minimum absolute atomic E-state index is 0.146. The van der Waals surface area contributed by atoms with Gasteiger partial charge in [0.05, 0.1) is 23.1 Å². The molecule has 0 saturated carbocycles. The fourth-order valence-corrected chi connectivity index (χ4v) is 5.31. The van der Waals surface area contributed by atoms with Crippen molar-refractivity contribution in [3.05, 3.63) is 42.0 Å². The number of hydrogen-bond donors (Lipinski definition) is 1. The van der Waals surface area contributed by atoms with Gasteiger partial charge in [-0.2, -0.15) is 0 Å². The van der Waals surface area contributed by atoms with Crippen LogP contribution in [0.5, 0.6) is 0 Å². The Morgan fingerprint density at radius 1 is 1.12 bits per heavy atom. The van der Waals surface area contributed by atoms with E-state index in [1.807, 2.05) is 6.92 Å². The number of amides is 1. The molecule has 7 heteroatoms. The van der Waals surface area contributed by atoms with Crippen molar-refractivity contribution in [2.24, 2.45) is 0 Å². The van der Waals surface area contributed by atoms with Crippen LogP contribution >= 0.6 is 0 Å². The molecule has 6 nitrogen and oxygen atoms in total. The molecule has 136 valence electrons. The maximum absolute atomic E-state index is 13.0. The molecule has 3 rings (SSSR count). The molecule has 4 unspecified atom stereocenters. The third-order valence-electron chi connectivity index (χ3n) is 4.48. The number of fused-ring (bicyclic) bond motifs is 2. The smallest absolute Gasteiger partial charge is 0.411 e. The average Bonchev–Trinajstić information content (AvgIpc) is 3.01. The zero-order valence-corrected chi connectivity index (χ0v) is 15.5. The minimum atomic E-state index is -3.80. The third-order valence-corrected chi connectivity index (χ3v) is 6.69. The zero-order chi connectivity index (χ0) is 18.6. The van der Waals surface area contributed by atoms with Gasteiger partial charge in [-0.25, -0.2) is 13.2 Å². The van der Waals surface area contributed by atoms with Crippen molar-refractivity contribution in [2.45, 2.75) is 61.6 Å². The van der Waals surface area contributed by atoms with Crippen molar-refractivity contribution in [2.75, 3.05) is 0 Å². The van der Waals surface area contributed by atoms with Gasteiger partial charge in [0.2, 0.25) is 0 Å². The summed E-state index contributed by atoms with van der Waals surface area (Å²) in [6, 6.07) is 5.07. The standard InChI is InChI=1S/C18H23NO5S/c1-11-5-7-12(8-6-11)25(22,23)16-14-10-9-13(15(16)20)19(14)17(21)24-18(2,3)4/h5-10,13-16,20H,1-4H3. The van der Waals surface area contributed by atoms with E-state index in [2.05, 4.69) is 0 Å². The SMILES string of the molecule is Cc1ccc(S(=O)(=O)C2C(O)C3C=CC2N3C(=O)OC(C)(C)C)cc1. The molecule has 25 heavy (non-hydrogen) atoms. The largest absolute Gasteiger partial charge is 0.444 e. The Bertz CT molecular complexity index is 807. The maximum Gasteiger partial charge on any atom is 0.411 e. The second kappa shape index (κ2) is 5.85. The van der Waals surface area contributed by atoms with E-state index < -0.39 is 45.0 Å². The van der Waals surface area contributed by atoms with Crippen LogP contribution in [0.4, 0.5) is 4.79 Å². The average molecular weight is 365 g/mol. The number of sulfone groups is 1. The van der Waals surface area contributed by atoms with Crippen molar-refractivity contribution in [1.82, 2.24) is 4.90 Å². The minimum Gasteiger partial charge on any atom is -0.444 e. The van der Waals surface area contributed by atoms with Crippen LogP contribution in [0.2, 0.25) is 0 Å². The first-order valence-corrected chi connectivity index (χ1v) is 9.75. The number of aliphatic hydroxyl groups is 1. The van der Waals surface area contributed by atoms with Crippen molar-refractivity contribution in [3.8, 4) is 0 Å². The number of rotatable bonds is 2. The summed E-state index contributed by atoms with van der Waals surface area (Å²) in [4.78, 5) is 14.0. The number of carbonyl (C=O) groups excluding carboxylic acids is 1. The van der Waals surface area contributed by atoms with Gasteiger partial charge in [-0.05, 0) is 39.8 Å². The van der Waals surface area contributed by atoms with E-state index in [0.29, 0.717) is 0 Å². The summed E-state index contributed by atoms with van der Waals surface area (Å²) in [6.45, 7) is 7.10. The molecule has 0 spiro atoms. The molecule has 0 aliphatic carbocycles. The lowest BCUT2D eigenvalue weighted by Crippen LogP contribution is -2.43. The van der Waals surface area contributed by atoms with Crippen molar-refractivity contribution in [1.29, 1.82) is 0 Å². The molecular weight excluding hydrogens is 342 g/mol. The Morgan fingerprint density at radius 2 is 1.68 bits per heavy atom. The van der Waals surface area contributed by atoms with Gasteiger partial charge < -0.3 is 9.84 Å². The highest BCUT2D eigenvalue weighted by atomic mass is 32.2. The van der Waals surface area contributed by atoms with Crippen molar-refractivity contribution < 1.29 is 23.1 Å². The van der Waals surface area contributed by atoms with Crippen molar-refractivity contribution >= 4 is 15.9 Å². The number of aliphatic hydroxyl groups excluding tert-OH is 1. The first kappa shape index (κ1) is 17.9. The fourth-order valence-electron chi connectivity index (χ4n) is 3.36. The Hall–Kier alpha value is -1.86. The van der Waals surface area contributed by atoms with Crippen LogP contribution in [-0.2, 0) is 14.6 Å². The van der Waals surface area contributed by atoms with E-state index in [1.165, 1.54) is 17.0 Å². The zero-order valence-electron chi connectivity index (χ0n) is 14.7. The molecule has 0 aromatic heterocycles. The summed E-state index contributed by atoms with van der Waals surface area (Å²) in [5.41, 5.74) is 0.248. The Labute approximate surface area is 148 Å². The van der Waals surface area contributed by atoms with E-state index in [4.69, 9.17) is 4.74 Å². The Balaban J connectivity index is 1.93. The quantitative estimate of drug-likeness (QED) is 0.811. The highest BCUT2D eigenvalue weighted by molar-refractivity contribution is 7.92. The maximum atomic E-state index is 13.0. The van der Waals surface area contributed by atoms with Gasteiger partial charge >= 0.3 is 6.09 Å². The lowest BCUT2D eigenvalue weighted by molar-refractivity contribution is 0.0193. The number of nitrogens with zero attached hydrogens (tertiary/aromatic N) is 1. The normalized spacial score (nSPS) is 28.4. The molecule has 4 atom stereocenters. The van der Waals surface area contributed by atoms with Gasteiger partial charge in [0.25, 0.3) is 0 Å². The first-order valence-electron chi connectivity index (χ1n) is 8.21. The highest BCUT2D eigenvalue weighted by Crippen LogP contribution is 2.39. The van der Waals surface area contributed by atoms with Gasteiger partial charge in [-0.15, -0.1) is 0 Å². The van der Waals surface area contributed by atoms with Crippen LogP contribution in [-0.4, -0.2) is 53.6 Å². The molecule has 1 N–H and O–H groups in total. The Morgan fingerprint density at radius 3 is 2.24 bits per heavy atom. The third kappa shape index (κ3) is 3.06. The molecule has 2 bridgehead atoms. The molecular formula is C18H23NO5S. The van der Waals surface area contributed by atoms with E-state index in [1.54, 1.807) is 45.1 Å². The van der Waals surface area contributed by atoms with Crippen LogP contribution in [0.25, 0.3) is 0 Å². The summed E-state index contributed by atoms with van der Waals surface area (Å²) in [5, 5.41) is 9.47. The summed E-state index contributed by atoms with van der Waals surface area (Å²) in [7, 11) is -3.80. The topological polar surface area (TPSA) is 83.9 Å². The highest BCUT2D eigenvalue weighted by Gasteiger charge is 2.58.